The molecule has 0 saturated heterocycles. The zero-order valence-corrected chi connectivity index (χ0v) is 10.5. The van der Waals surface area contributed by atoms with Crippen molar-refractivity contribution >= 4 is 29.0 Å². The third kappa shape index (κ3) is 2.43. The second-order valence-electron chi connectivity index (χ2n) is 3.71. The molecule has 0 aliphatic heterocycles. The van der Waals surface area contributed by atoms with Crippen LogP contribution in [0.1, 0.15) is 10.4 Å². The van der Waals surface area contributed by atoms with E-state index < -0.39 is 0 Å². The van der Waals surface area contributed by atoms with Crippen molar-refractivity contribution in [1.29, 1.82) is 0 Å². The minimum atomic E-state index is 0.455. The van der Waals surface area contributed by atoms with Crippen LogP contribution in [0.2, 0.25) is 0 Å². The molecule has 0 spiro atoms. The molecule has 0 radical (unpaired) electrons. The molecule has 0 N–H and O–H groups in total. The number of carbonyl (C=O) groups excluding carboxylic acids is 1. The van der Waals surface area contributed by atoms with Gasteiger partial charge in [0.1, 0.15) is 11.4 Å². The van der Waals surface area contributed by atoms with Crippen molar-refractivity contribution in [3.05, 3.63) is 48.5 Å². The van der Waals surface area contributed by atoms with Crippen LogP contribution in [0.15, 0.2) is 53.2 Å². The molecule has 0 atom stereocenters. The number of hydrogen-bond donors (Lipinski definition) is 0. The zero-order chi connectivity index (χ0) is 13.1. The summed E-state index contributed by atoms with van der Waals surface area (Å²) >= 11 is 1.35. The summed E-state index contributed by atoms with van der Waals surface area (Å²) in [6, 6.07) is 7.75. The normalized spacial score (nSPS) is 10.5. The Morgan fingerprint density at radius 2 is 1.79 bits per heavy atom. The molecule has 0 bridgehead atoms. The molecule has 3 rings (SSSR count). The first kappa shape index (κ1) is 11.7. The largest absolute Gasteiger partial charge is 0.298 e. The molecule has 2 aromatic heterocycles. The number of aromatic nitrogens is 4. The molecule has 92 valence electrons. The lowest BCUT2D eigenvalue weighted by molar-refractivity contribution is 0.112. The van der Waals surface area contributed by atoms with Gasteiger partial charge in [0.2, 0.25) is 0 Å². The Kier molecular flexibility index (Phi) is 3.16. The standard InChI is InChI=1S/C13H8N4OS/c18-7-9-5-14-13(15-6-9)19-12-10-3-1-2-4-11(10)16-8-17-12/h1-8H. The van der Waals surface area contributed by atoms with E-state index in [1.54, 1.807) is 0 Å². The molecule has 0 aliphatic carbocycles. The average molecular weight is 268 g/mol. The smallest absolute Gasteiger partial charge is 0.193 e. The fourth-order valence-electron chi connectivity index (χ4n) is 1.59. The van der Waals surface area contributed by atoms with Crippen molar-refractivity contribution in [2.24, 2.45) is 0 Å². The third-order valence-electron chi connectivity index (χ3n) is 2.48. The lowest BCUT2D eigenvalue weighted by Crippen LogP contribution is -1.91. The molecule has 6 heteroatoms. The summed E-state index contributed by atoms with van der Waals surface area (Å²) < 4.78 is 0. The molecule has 2 heterocycles. The van der Waals surface area contributed by atoms with Crippen LogP contribution in [0, 0.1) is 0 Å². The highest BCUT2D eigenvalue weighted by Gasteiger charge is 2.07. The highest BCUT2D eigenvalue weighted by molar-refractivity contribution is 7.99. The summed E-state index contributed by atoms with van der Waals surface area (Å²) in [6.07, 6.45) is 5.22. The molecule has 1 aromatic carbocycles. The Morgan fingerprint density at radius 3 is 2.58 bits per heavy atom. The van der Waals surface area contributed by atoms with E-state index in [-0.39, 0.29) is 0 Å². The van der Waals surface area contributed by atoms with Crippen LogP contribution in [0.25, 0.3) is 10.9 Å². The van der Waals surface area contributed by atoms with Gasteiger partial charge in [0, 0.05) is 17.8 Å². The van der Waals surface area contributed by atoms with Crippen molar-refractivity contribution < 1.29 is 4.79 Å². The monoisotopic (exact) mass is 268 g/mol. The van der Waals surface area contributed by atoms with Crippen molar-refractivity contribution in [2.45, 2.75) is 10.2 Å². The van der Waals surface area contributed by atoms with Gasteiger partial charge in [-0.1, -0.05) is 18.2 Å². The van der Waals surface area contributed by atoms with Crippen LogP contribution in [0.3, 0.4) is 0 Å². The van der Waals surface area contributed by atoms with E-state index in [0.29, 0.717) is 17.0 Å². The van der Waals surface area contributed by atoms with Crippen LogP contribution < -0.4 is 0 Å². The number of nitrogens with zero attached hydrogens (tertiary/aromatic N) is 4. The van der Waals surface area contributed by atoms with Crippen molar-refractivity contribution in [1.82, 2.24) is 19.9 Å². The molecule has 0 saturated carbocycles. The van der Waals surface area contributed by atoms with Gasteiger partial charge in [-0.2, -0.15) is 0 Å². The number of hydrogen-bond acceptors (Lipinski definition) is 6. The Labute approximate surface area is 113 Å². The van der Waals surface area contributed by atoms with Crippen molar-refractivity contribution in [3.63, 3.8) is 0 Å². The molecule has 0 fully saturated rings. The third-order valence-corrected chi connectivity index (χ3v) is 3.39. The molecule has 0 unspecified atom stereocenters. The summed E-state index contributed by atoms with van der Waals surface area (Å²) in [4.78, 5) is 27.2. The fraction of sp³-hybridized carbons (Fsp3) is 0. The van der Waals surface area contributed by atoms with E-state index >= 15 is 0 Å². The summed E-state index contributed by atoms with van der Waals surface area (Å²) in [7, 11) is 0. The Morgan fingerprint density at radius 1 is 1.00 bits per heavy atom. The zero-order valence-electron chi connectivity index (χ0n) is 9.72. The average Bonchev–Trinajstić information content (AvgIpc) is 2.48. The Hall–Kier alpha value is -2.34. The second-order valence-corrected chi connectivity index (χ2v) is 4.67. The van der Waals surface area contributed by atoms with E-state index in [1.807, 2.05) is 24.3 Å². The van der Waals surface area contributed by atoms with E-state index in [4.69, 9.17) is 0 Å². The van der Waals surface area contributed by atoms with Crippen LogP contribution in [-0.4, -0.2) is 26.2 Å². The van der Waals surface area contributed by atoms with Gasteiger partial charge >= 0.3 is 0 Å². The fourth-order valence-corrected chi connectivity index (χ4v) is 2.35. The molecule has 19 heavy (non-hydrogen) atoms. The van der Waals surface area contributed by atoms with Gasteiger partial charge in [-0.25, -0.2) is 19.9 Å². The predicted molar refractivity (Wildman–Crippen MR) is 71.1 cm³/mol. The van der Waals surface area contributed by atoms with Gasteiger partial charge < -0.3 is 0 Å². The van der Waals surface area contributed by atoms with E-state index in [1.165, 1.54) is 30.5 Å². The first-order chi connectivity index (χ1) is 9.36. The lowest BCUT2D eigenvalue weighted by Gasteiger charge is -2.03. The molecule has 0 amide bonds. The van der Waals surface area contributed by atoms with E-state index in [9.17, 15) is 4.79 Å². The van der Waals surface area contributed by atoms with Gasteiger partial charge in [0.05, 0.1) is 11.1 Å². The minimum absolute atomic E-state index is 0.455. The second kappa shape index (κ2) is 5.11. The van der Waals surface area contributed by atoms with Crippen LogP contribution in [0.4, 0.5) is 0 Å². The number of aldehydes is 1. The number of rotatable bonds is 3. The SMILES string of the molecule is O=Cc1cnc(Sc2ncnc3ccccc23)nc1. The molecular weight excluding hydrogens is 260 g/mol. The highest BCUT2D eigenvalue weighted by atomic mass is 32.2. The molecular formula is C13H8N4OS. The Bertz CT molecular complexity index is 725. The van der Waals surface area contributed by atoms with Gasteiger partial charge in [0.25, 0.3) is 0 Å². The van der Waals surface area contributed by atoms with Crippen LogP contribution >= 0.6 is 11.8 Å². The summed E-state index contributed by atoms with van der Waals surface area (Å²) in [5.74, 6) is 0. The highest BCUT2D eigenvalue weighted by Crippen LogP contribution is 2.28. The van der Waals surface area contributed by atoms with E-state index in [0.717, 1.165) is 15.9 Å². The number of carbonyl (C=O) groups is 1. The first-order valence-electron chi connectivity index (χ1n) is 5.51. The number of benzene rings is 1. The van der Waals surface area contributed by atoms with Crippen LogP contribution in [0.5, 0.6) is 0 Å². The van der Waals surface area contributed by atoms with Crippen LogP contribution in [-0.2, 0) is 0 Å². The predicted octanol–water partition coefficient (Wildman–Crippen LogP) is 2.38. The molecule has 0 aliphatic rings. The Balaban J connectivity index is 1.98. The van der Waals surface area contributed by atoms with Gasteiger partial charge in [-0.05, 0) is 17.8 Å². The number of fused-ring (bicyclic) bond motifs is 1. The maximum Gasteiger partial charge on any atom is 0.193 e. The summed E-state index contributed by atoms with van der Waals surface area (Å²) in [5.41, 5.74) is 1.33. The van der Waals surface area contributed by atoms with Gasteiger partial charge in [-0.15, -0.1) is 0 Å². The van der Waals surface area contributed by atoms with Crippen molar-refractivity contribution in [3.8, 4) is 0 Å². The molecule has 3 aromatic rings. The first-order valence-corrected chi connectivity index (χ1v) is 6.33. The molecule has 5 nitrogen and oxygen atoms in total. The number of para-hydroxylation sites is 1. The van der Waals surface area contributed by atoms with Gasteiger partial charge in [-0.3, -0.25) is 4.79 Å². The topological polar surface area (TPSA) is 68.6 Å². The lowest BCUT2D eigenvalue weighted by atomic mass is 10.2. The summed E-state index contributed by atoms with van der Waals surface area (Å²) in [5, 5.41) is 2.30. The maximum absolute atomic E-state index is 10.5. The van der Waals surface area contributed by atoms with E-state index in [2.05, 4.69) is 19.9 Å². The summed E-state index contributed by atoms with van der Waals surface area (Å²) in [6.45, 7) is 0. The minimum Gasteiger partial charge on any atom is -0.298 e. The van der Waals surface area contributed by atoms with Gasteiger partial charge in [0.15, 0.2) is 11.4 Å². The van der Waals surface area contributed by atoms with Crippen molar-refractivity contribution in [2.75, 3.05) is 0 Å². The quantitative estimate of drug-likeness (QED) is 0.412. The maximum atomic E-state index is 10.5.